The normalized spacial score (nSPS) is 12.6. The third kappa shape index (κ3) is 10.1. The van der Waals surface area contributed by atoms with Crippen LogP contribution in [0.5, 0.6) is 0 Å². The molecule has 0 spiro atoms. The van der Waals surface area contributed by atoms with Gasteiger partial charge in [0.05, 0.1) is 10.9 Å². The monoisotopic (exact) mass is 538 g/mol. The molecule has 0 aliphatic rings. The molecular weight excluding hydrogens is 496 g/mol. The summed E-state index contributed by atoms with van der Waals surface area (Å²) in [6.45, 7) is 2.24. The average molecular weight is 539 g/mol. The molecule has 1 aromatic carbocycles. The van der Waals surface area contributed by atoms with Gasteiger partial charge in [0, 0.05) is 0 Å². The van der Waals surface area contributed by atoms with Crippen molar-refractivity contribution in [3.05, 3.63) is 40.4 Å². The molecule has 1 atom stereocenters. The first-order valence-electron chi connectivity index (χ1n) is 13.3. The molecular formula is C26H42N4O4S2. The van der Waals surface area contributed by atoms with Gasteiger partial charge in [-0.15, -0.1) is 0 Å². The fourth-order valence-corrected chi connectivity index (χ4v) is 5.50. The number of fused-ring (bicyclic) bond motifs is 1. The van der Waals surface area contributed by atoms with E-state index in [1.807, 2.05) is 0 Å². The number of nitrogens with two attached hydrogens (primary N) is 1. The van der Waals surface area contributed by atoms with Gasteiger partial charge >= 0.3 is 0 Å². The molecule has 2 aromatic rings. The molecule has 0 radical (unpaired) electrons. The van der Waals surface area contributed by atoms with Crippen molar-refractivity contribution in [1.29, 1.82) is 0 Å². The van der Waals surface area contributed by atoms with Crippen molar-refractivity contribution >= 4 is 38.4 Å². The topological polar surface area (TPSA) is 127 Å². The van der Waals surface area contributed by atoms with E-state index in [2.05, 4.69) is 17.3 Å². The number of benzene rings is 1. The summed E-state index contributed by atoms with van der Waals surface area (Å²) in [4.78, 5) is 17.4. The van der Waals surface area contributed by atoms with E-state index < -0.39 is 20.9 Å². The average Bonchev–Trinajstić information content (AvgIpc) is 2.82. The van der Waals surface area contributed by atoms with Gasteiger partial charge in [-0.3, -0.25) is 14.8 Å². The Morgan fingerprint density at radius 1 is 0.972 bits per heavy atom. The predicted molar refractivity (Wildman–Crippen MR) is 151 cm³/mol. The minimum atomic E-state index is -4.53. The lowest BCUT2D eigenvalue weighted by atomic mass is 10.0. The van der Waals surface area contributed by atoms with Crippen molar-refractivity contribution in [1.82, 2.24) is 9.66 Å². The van der Waals surface area contributed by atoms with E-state index in [1.54, 1.807) is 24.3 Å². The summed E-state index contributed by atoms with van der Waals surface area (Å²) < 4.78 is 35.5. The molecule has 0 amide bonds. The Morgan fingerprint density at radius 3 is 1.97 bits per heavy atom. The minimum Gasteiger partial charge on any atom is -0.375 e. The molecule has 8 nitrogen and oxygen atoms in total. The molecule has 0 bridgehead atoms. The van der Waals surface area contributed by atoms with Gasteiger partial charge in [-0.25, -0.2) is 9.66 Å². The fourth-order valence-electron chi connectivity index (χ4n) is 4.52. The van der Waals surface area contributed by atoms with Gasteiger partial charge in [-0.2, -0.15) is 8.42 Å². The van der Waals surface area contributed by atoms with Crippen molar-refractivity contribution in [3.63, 3.8) is 0 Å². The van der Waals surface area contributed by atoms with Gasteiger partial charge in [0.1, 0.15) is 5.25 Å². The van der Waals surface area contributed by atoms with E-state index in [-0.39, 0.29) is 22.7 Å². The molecule has 1 heterocycles. The molecule has 4 N–H and O–H groups in total. The highest BCUT2D eigenvalue weighted by Gasteiger charge is 2.30. The summed E-state index contributed by atoms with van der Waals surface area (Å²) in [6.07, 6.45) is 16.7. The maximum Gasteiger partial charge on any atom is 0.280 e. The van der Waals surface area contributed by atoms with Crippen LogP contribution < -0.4 is 16.7 Å². The van der Waals surface area contributed by atoms with Gasteiger partial charge in [0.15, 0.2) is 10.9 Å². The zero-order valence-corrected chi connectivity index (χ0v) is 23.1. The quantitative estimate of drug-likeness (QED) is 0.120. The largest absolute Gasteiger partial charge is 0.375 e. The molecule has 36 heavy (non-hydrogen) atoms. The number of nitrogens with zero attached hydrogens (tertiary/aromatic N) is 2. The van der Waals surface area contributed by atoms with E-state index in [0.717, 1.165) is 23.9 Å². The summed E-state index contributed by atoms with van der Waals surface area (Å²) in [6, 6.07) is 6.60. The molecule has 0 saturated heterocycles. The zero-order chi connectivity index (χ0) is 26.4. The van der Waals surface area contributed by atoms with Crippen molar-refractivity contribution in [3.8, 4) is 0 Å². The molecule has 0 fully saturated rings. The Hall–Kier alpha value is -2.04. The summed E-state index contributed by atoms with van der Waals surface area (Å²) in [5.74, 6) is -0.122. The van der Waals surface area contributed by atoms with Crippen molar-refractivity contribution in [2.75, 3.05) is 5.43 Å². The second kappa shape index (κ2) is 15.9. The van der Waals surface area contributed by atoms with Gasteiger partial charge in [-0.05, 0) is 30.8 Å². The smallest absolute Gasteiger partial charge is 0.280 e. The molecule has 0 aliphatic carbocycles. The van der Waals surface area contributed by atoms with Crippen LogP contribution in [0, 0.1) is 0 Å². The van der Waals surface area contributed by atoms with Crippen LogP contribution in [0.15, 0.2) is 29.1 Å². The van der Waals surface area contributed by atoms with Crippen LogP contribution in [0.25, 0.3) is 10.9 Å². The lowest BCUT2D eigenvalue weighted by Crippen LogP contribution is -2.40. The van der Waals surface area contributed by atoms with Crippen LogP contribution in [0.4, 0.5) is 0 Å². The molecule has 202 valence electrons. The lowest BCUT2D eigenvalue weighted by molar-refractivity contribution is 0.451. The maximum absolute atomic E-state index is 13.0. The highest BCUT2D eigenvalue weighted by molar-refractivity contribution is 7.86. The first-order chi connectivity index (χ1) is 17.3. The molecule has 0 saturated carbocycles. The Balaban J connectivity index is 1.87. The number of aromatic nitrogens is 2. The maximum atomic E-state index is 13.0. The van der Waals surface area contributed by atoms with Crippen LogP contribution in [0.3, 0.4) is 0 Å². The Morgan fingerprint density at radius 2 is 1.47 bits per heavy atom. The first kappa shape index (κ1) is 30.2. The van der Waals surface area contributed by atoms with Crippen molar-refractivity contribution in [2.45, 2.75) is 108 Å². The van der Waals surface area contributed by atoms with Gasteiger partial charge < -0.3 is 5.73 Å². The second-order valence-corrected chi connectivity index (χ2v) is 11.5. The minimum absolute atomic E-state index is 0.122. The number of hydrogen-bond donors (Lipinski definition) is 3. The van der Waals surface area contributed by atoms with Gasteiger partial charge in [-0.1, -0.05) is 109 Å². The molecule has 2 rings (SSSR count). The van der Waals surface area contributed by atoms with Crippen LogP contribution in [-0.2, 0) is 10.1 Å². The molecule has 1 aromatic heterocycles. The molecule has 10 heteroatoms. The third-order valence-electron chi connectivity index (χ3n) is 6.49. The molecule has 1 unspecified atom stereocenters. The van der Waals surface area contributed by atoms with E-state index in [4.69, 9.17) is 18.0 Å². The summed E-state index contributed by atoms with van der Waals surface area (Å²) in [5.41, 5.74) is 7.89. The van der Waals surface area contributed by atoms with Crippen LogP contribution in [0.1, 0.15) is 114 Å². The number of rotatable bonds is 18. The van der Waals surface area contributed by atoms with Gasteiger partial charge in [0.2, 0.25) is 0 Å². The van der Waals surface area contributed by atoms with Crippen LogP contribution in [0.2, 0.25) is 0 Å². The zero-order valence-electron chi connectivity index (χ0n) is 21.5. The Labute approximate surface area is 220 Å². The van der Waals surface area contributed by atoms with E-state index in [1.165, 1.54) is 64.2 Å². The second-order valence-electron chi connectivity index (χ2n) is 9.49. The molecule has 0 aliphatic heterocycles. The fraction of sp³-hybridized carbons (Fsp3) is 0.654. The lowest BCUT2D eigenvalue weighted by Gasteiger charge is -2.19. The number of unbranched alkanes of at least 4 members (excludes halogenated alkanes) is 13. The van der Waals surface area contributed by atoms with E-state index >= 15 is 0 Å². The first-order valence-corrected chi connectivity index (χ1v) is 15.2. The number of thiocarbonyl (C=S) groups is 1. The van der Waals surface area contributed by atoms with Crippen molar-refractivity contribution < 1.29 is 13.0 Å². The van der Waals surface area contributed by atoms with Gasteiger partial charge in [0.25, 0.3) is 15.7 Å². The summed E-state index contributed by atoms with van der Waals surface area (Å²) in [5, 5.41) is -1.29. The highest BCUT2D eigenvalue weighted by atomic mass is 32.2. The SMILES string of the molecule is CCCCCCCCCCCCCCCCC(c1nc2ccccc2c(=O)n1NC(N)=S)S(=O)(=O)O. The van der Waals surface area contributed by atoms with E-state index in [0.29, 0.717) is 11.9 Å². The Kier molecular flexibility index (Phi) is 13.4. The predicted octanol–water partition coefficient (Wildman–Crippen LogP) is 5.98. The third-order valence-corrected chi connectivity index (χ3v) is 7.75. The van der Waals surface area contributed by atoms with Crippen LogP contribution >= 0.6 is 12.2 Å². The number of hydrogen-bond acceptors (Lipinski definition) is 5. The highest BCUT2D eigenvalue weighted by Crippen LogP contribution is 2.27. The summed E-state index contributed by atoms with van der Waals surface area (Å²) in [7, 11) is -4.53. The van der Waals surface area contributed by atoms with Crippen molar-refractivity contribution in [2.24, 2.45) is 5.73 Å². The number of para-hydroxylation sites is 1. The Bertz CT molecular complexity index is 1120. The standard InChI is InChI=1S/C26H42N4O4S2/c1-2-3-4-5-6-7-8-9-10-11-12-13-14-15-20-23(36(32,33)34)24-28-22-19-17-16-18-21(22)25(31)30(24)29-26(27)35/h16-19,23H,2-15,20H2,1H3,(H3,27,29,35)(H,32,33,34). The van der Waals surface area contributed by atoms with Crippen LogP contribution in [-0.4, -0.2) is 27.7 Å². The van der Waals surface area contributed by atoms with E-state index in [9.17, 15) is 17.8 Å². The number of nitrogens with one attached hydrogen (secondary N) is 1. The summed E-state index contributed by atoms with van der Waals surface area (Å²) >= 11 is 4.87.